The van der Waals surface area contributed by atoms with E-state index in [2.05, 4.69) is 10.5 Å². The Balaban J connectivity index is 2.43. The van der Waals surface area contributed by atoms with Crippen LogP contribution in [0.3, 0.4) is 0 Å². The van der Waals surface area contributed by atoms with Crippen LogP contribution in [0.5, 0.6) is 5.75 Å². The lowest BCUT2D eigenvalue weighted by Gasteiger charge is -2.11. The van der Waals surface area contributed by atoms with Crippen LogP contribution >= 0.6 is 0 Å². The van der Waals surface area contributed by atoms with Gasteiger partial charge in [-0.1, -0.05) is 31.1 Å². The number of ether oxygens (including phenoxy) is 1. The summed E-state index contributed by atoms with van der Waals surface area (Å²) in [5, 5.41) is 15.2. The Bertz CT molecular complexity index is 375. The molecule has 0 saturated carbocycles. The maximum atomic E-state index is 8.84. The zero-order valence-corrected chi connectivity index (χ0v) is 10.6. The highest BCUT2D eigenvalue weighted by Crippen LogP contribution is 2.12. The zero-order valence-electron chi connectivity index (χ0n) is 10.6. The van der Waals surface area contributed by atoms with E-state index in [1.54, 1.807) is 0 Å². The molecule has 2 N–H and O–H groups in total. The van der Waals surface area contributed by atoms with Crippen LogP contribution < -0.4 is 10.1 Å². The Morgan fingerprint density at radius 3 is 2.82 bits per heavy atom. The fraction of sp³-hybridized carbons (Fsp3) is 0.462. The van der Waals surface area contributed by atoms with Crippen molar-refractivity contribution in [3.63, 3.8) is 0 Å². The number of nitrogens with zero attached hydrogens (tertiary/aromatic N) is 1. The van der Waals surface area contributed by atoms with E-state index in [4.69, 9.17) is 9.94 Å². The number of aryl methyl sites for hydroxylation is 1. The first-order valence-corrected chi connectivity index (χ1v) is 5.74. The van der Waals surface area contributed by atoms with E-state index in [9.17, 15) is 0 Å². The Morgan fingerprint density at radius 1 is 1.47 bits per heavy atom. The molecule has 0 unspecified atom stereocenters. The van der Waals surface area contributed by atoms with Crippen molar-refractivity contribution < 1.29 is 9.94 Å². The summed E-state index contributed by atoms with van der Waals surface area (Å²) in [7, 11) is 0. The quantitative estimate of drug-likeness (QED) is 0.452. The lowest BCUT2D eigenvalue weighted by Crippen LogP contribution is -2.32. The van der Waals surface area contributed by atoms with Crippen molar-refractivity contribution in [1.82, 2.24) is 5.32 Å². The first-order chi connectivity index (χ1) is 8.11. The highest BCUT2D eigenvalue weighted by atomic mass is 16.5. The summed E-state index contributed by atoms with van der Waals surface area (Å²) in [5.74, 6) is 0.788. The highest BCUT2D eigenvalue weighted by molar-refractivity contribution is 5.87. The highest BCUT2D eigenvalue weighted by Gasteiger charge is 2.03. The molecule has 0 aliphatic rings. The fourth-order valence-electron chi connectivity index (χ4n) is 1.31. The average Bonchev–Trinajstić information content (AvgIpc) is 2.29. The van der Waals surface area contributed by atoms with E-state index in [1.807, 2.05) is 45.0 Å². The summed E-state index contributed by atoms with van der Waals surface area (Å²) < 4.78 is 5.54. The molecule has 0 saturated heterocycles. The van der Waals surface area contributed by atoms with Gasteiger partial charge in [0.25, 0.3) is 0 Å². The number of nitrogens with one attached hydrogen (secondary N) is 1. The van der Waals surface area contributed by atoms with Crippen LogP contribution in [0.2, 0.25) is 0 Å². The molecule has 1 aromatic rings. The predicted molar refractivity (Wildman–Crippen MR) is 69.0 cm³/mol. The fourth-order valence-corrected chi connectivity index (χ4v) is 1.31. The molecule has 1 rings (SSSR count). The predicted octanol–water partition coefficient (Wildman–Crippen LogP) is 2.20. The standard InChI is InChI=1S/C13H20N2O2/c1-10(2)14-8-12(15-16)9-17-13-6-4-5-11(3)7-13/h4-7,10,14,16H,8-9H2,1-3H3/b15-12-. The number of hydrogen-bond donors (Lipinski definition) is 2. The number of oxime groups is 1. The molecule has 0 aliphatic heterocycles. The second kappa shape index (κ2) is 6.91. The lowest BCUT2D eigenvalue weighted by molar-refractivity contribution is 0.305. The maximum absolute atomic E-state index is 8.84. The lowest BCUT2D eigenvalue weighted by atomic mass is 10.2. The third-order valence-electron chi connectivity index (χ3n) is 2.25. The Morgan fingerprint density at radius 2 is 2.24 bits per heavy atom. The Kier molecular flexibility index (Phi) is 5.49. The molecule has 1 aromatic carbocycles. The summed E-state index contributed by atoms with van der Waals surface area (Å²) in [6.07, 6.45) is 0. The summed E-state index contributed by atoms with van der Waals surface area (Å²) in [5.41, 5.74) is 1.73. The summed E-state index contributed by atoms with van der Waals surface area (Å²) in [4.78, 5) is 0. The van der Waals surface area contributed by atoms with Crippen molar-refractivity contribution in [3.8, 4) is 5.75 Å². The van der Waals surface area contributed by atoms with Crippen LogP contribution in [0.1, 0.15) is 19.4 Å². The third-order valence-corrected chi connectivity index (χ3v) is 2.25. The van der Waals surface area contributed by atoms with Gasteiger partial charge in [-0.2, -0.15) is 0 Å². The van der Waals surface area contributed by atoms with Gasteiger partial charge in [0.1, 0.15) is 18.1 Å². The first-order valence-electron chi connectivity index (χ1n) is 5.74. The molecule has 0 spiro atoms. The monoisotopic (exact) mass is 236 g/mol. The van der Waals surface area contributed by atoms with Crippen molar-refractivity contribution in [2.24, 2.45) is 5.16 Å². The van der Waals surface area contributed by atoms with E-state index < -0.39 is 0 Å². The first kappa shape index (κ1) is 13.5. The van der Waals surface area contributed by atoms with Crippen molar-refractivity contribution >= 4 is 5.71 Å². The van der Waals surface area contributed by atoms with Gasteiger partial charge in [-0.3, -0.25) is 0 Å². The second-order valence-corrected chi connectivity index (χ2v) is 4.31. The van der Waals surface area contributed by atoms with E-state index >= 15 is 0 Å². The molecule has 17 heavy (non-hydrogen) atoms. The molecule has 0 aromatic heterocycles. The normalized spacial score (nSPS) is 11.9. The van der Waals surface area contributed by atoms with Crippen molar-refractivity contribution in [1.29, 1.82) is 0 Å². The van der Waals surface area contributed by atoms with Gasteiger partial charge in [0.05, 0.1) is 0 Å². The summed E-state index contributed by atoms with van der Waals surface area (Å²) in [6.45, 7) is 6.90. The molecule has 4 nitrogen and oxygen atoms in total. The molecular weight excluding hydrogens is 216 g/mol. The van der Waals surface area contributed by atoms with Gasteiger partial charge >= 0.3 is 0 Å². The summed E-state index contributed by atoms with van der Waals surface area (Å²) >= 11 is 0. The van der Waals surface area contributed by atoms with Gasteiger partial charge in [-0.25, -0.2) is 0 Å². The molecule has 0 amide bonds. The molecule has 0 atom stereocenters. The van der Waals surface area contributed by atoms with Gasteiger partial charge in [0.2, 0.25) is 0 Å². The Labute approximate surface area is 102 Å². The topological polar surface area (TPSA) is 53.8 Å². The molecule has 0 bridgehead atoms. The van der Waals surface area contributed by atoms with Crippen LogP contribution in [0.4, 0.5) is 0 Å². The molecule has 0 heterocycles. The van der Waals surface area contributed by atoms with Gasteiger partial charge in [0.15, 0.2) is 0 Å². The minimum absolute atomic E-state index is 0.291. The number of hydrogen-bond acceptors (Lipinski definition) is 4. The smallest absolute Gasteiger partial charge is 0.131 e. The van der Waals surface area contributed by atoms with Crippen LogP contribution in [0.25, 0.3) is 0 Å². The van der Waals surface area contributed by atoms with E-state index in [1.165, 1.54) is 0 Å². The van der Waals surface area contributed by atoms with Gasteiger partial charge in [-0.15, -0.1) is 0 Å². The van der Waals surface area contributed by atoms with Crippen molar-refractivity contribution in [3.05, 3.63) is 29.8 Å². The second-order valence-electron chi connectivity index (χ2n) is 4.31. The van der Waals surface area contributed by atoms with Crippen molar-refractivity contribution in [2.45, 2.75) is 26.8 Å². The molecule has 0 fully saturated rings. The van der Waals surface area contributed by atoms with Crippen molar-refractivity contribution in [2.75, 3.05) is 13.2 Å². The number of rotatable bonds is 6. The van der Waals surface area contributed by atoms with E-state index in [0.717, 1.165) is 11.3 Å². The maximum Gasteiger partial charge on any atom is 0.131 e. The third kappa shape index (κ3) is 5.36. The van der Waals surface area contributed by atoms with Gasteiger partial charge in [0, 0.05) is 12.6 Å². The minimum atomic E-state index is 0.291. The van der Waals surface area contributed by atoms with E-state index in [0.29, 0.717) is 24.9 Å². The molecule has 0 radical (unpaired) electrons. The summed E-state index contributed by atoms with van der Waals surface area (Å²) in [6, 6.07) is 8.13. The Hall–Kier alpha value is -1.55. The molecular formula is C13H20N2O2. The number of benzene rings is 1. The van der Waals surface area contributed by atoms with Crippen LogP contribution in [0, 0.1) is 6.92 Å². The zero-order chi connectivity index (χ0) is 12.7. The molecule has 0 aliphatic carbocycles. The van der Waals surface area contributed by atoms with E-state index in [-0.39, 0.29) is 0 Å². The largest absolute Gasteiger partial charge is 0.487 e. The molecule has 4 heteroatoms. The average molecular weight is 236 g/mol. The van der Waals surface area contributed by atoms with Crippen LogP contribution in [-0.2, 0) is 0 Å². The molecule has 94 valence electrons. The van der Waals surface area contributed by atoms with Crippen LogP contribution in [0.15, 0.2) is 29.4 Å². The van der Waals surface area contributed by atoms with Gasteiger partial charge < -0.3 is 15.3 Å². The van der Waals surface area contributed by atoms with Crippen LogP contribution in [-0.4, -0.2) is 30.1 Å². The SMILES string of the molecule is Cc1cccc(OC/C(CNC(C)C)=N\O)c1. The minimum Gasteiger partial charge on any atom is -0.487 e. The van der Waals surface area contributed by atoms with Gasteiger partial charge in [-0.05, 0) is 24.6 Å².